The lowest BCUT2D eigenvalue weighted by Crippen LogP contribution is -2.26. The first-order chi connectivity index (χ1) is 9.08. The molecule has 0 fully saturated rings. The number of nitrogens with zero attached hydrogens (tertiary/aromatic N) is 1. The fraction of sp³-hybridized carbons (Fsp3) is 0.133. The smallest absolute Gasteiger partial charge is 0.257 e. The molecule has 98 valence electrons. The number of hydrogen-bond donors (Lipinski definition) is 1. The minimum atomic E-state index is -0.570. The van der Waals surface area contributed by atoms with E-state index in [-0.39, 0.29) is 17.2 Å². The van der Waals surface area contributed by atoms with Gasteiger partial charge >= 0.3 is 0 Å². The predicted octanol–water partition coefficient (Wildman–Crippen LogP) is 2.80. The summed E-state index contributed by atoms with van der Waals surface area (Å²) >= 11 is 0. The van der Waals surface area contributed by atoms with Gasteiger partial charge in [-0.2, -0.15) is 0 Å². The lowest BCUT2D eigenvalue weighted by molar-refractivity contribution is 0.0782. The highest BCUT2D eigenvalue weighted by Gasteiger charge is 2.16. The van der Waals surface area contributed by atoms with Crippen LogP contribution in [0.15, 0.2) is 48.5 Å². The molecule has 0 heterocycles. The third-order valence-electron chi connectivity index (χ3n) is 2.80. The van der Waals surface area contributed by atoms with Gasteiger partial charge in [0.05, 0.1) is 5.56 Å². The normalized spacial score (nSPS) is 10.2. The Morgan fingerprint density at radius 3 is 2.53 bits per heavy atom. The van der Waals surface area contributed by atoms with E-state index in [4.69, 9.17) is 0 Å². The minimum absolute atomic E-state index is 0.0971. The van der Waals surface area contributed by atoms with E-state index in [2.05, 4.69) is 0 Å². The molecular weight excluding hydrogens is 245 g/mol. The molecule has 2 rings (SSSR count). The lowest BCUT2D eigenvalue weighted by atomic mass is 10.1. The number of carbonyl (C=O) groups is 1. The Labute approximate surface area is 110 Å². The van der Waals surface area contributed by atoms with E-state index in [1.807, 2.05) is 30.3 Å². The summed E-state index contributed by atoms with van der Waals surface area (Å²) in [6, 6.07) is 12.9. The standard InChI is InChI=1S/C15H14FNO2/c1-17(10-11-5-3-2-4-6-11)15(19)13-8-7-12(16)9-14(13)18/h2-9,18H,10H2,1H3. The van der Waals surface area contributed by atoms with E-state index >= 15 is 0 Å². The molecule has 0 saturated carbocycles. The highest BCUT2D eigenvalue weighted by molar-refractivity contribution is 5.96. The molecule has 4 heteroatoms. The lowest BCUT2D eigenvalue weighted by Gasteiger charge is -2.18. The Balaban J connectivity index is 2.15. The first kappa shape index (κ1) is 13.1. The number of hydrogen-bond acceptors (Lipinski definition) is 2. The van der Waals surface area contributed by atoms with Crippen LogP contribution in [-0.2, 0) is 6.54 Å². The summed E-state index contributed by atoms with van der Waals surface area (Å²) in [5, 5.41) is 9.59. The SMILES string of the molecule is CN(Cc1ccccc1)C(=O)c1ccc(F)cc1O. The Morgan fingerprint density at radius 2 is 1.89 bits per heavy atom. The van der Waals surface area contributed by atoms with Gasteiger partial charge in [-0.05, 0) is 17.7 Å². The highest BCUT2D eigenvalue weighted by Crippen LogP contribution is 2.20. The third kappa shape index (κ3) is 3.10. The third-order valence-corrected chi connectivity index (χ3v) is 2.80. The molecule has 3 nitrogen and oxygen atoms in total. The Morgan fingerprint density at radius 1 is 1.21 bits per heavy atom. The maximum absolute atomic E-state index is 12.9. The van der Waals surface area contributed by atoms with Crippen molar-refractivity contribution in [3.8, 4) is 5.75 Å². The van der Waals surface area contributed by atoms with Crippen molar-refractivity contribution >= 4 is 5.91 Å². The highest BCUT2D eigenvalue weighted by atomic mass is 19.1. The molecule has 0 aliphatic heterocycles. The largest absolute Gasteiger partial charge is 0.507 e. The van der Waals surface area contributed by atoms with Crippen molar-refractivity contribution in [2.45, 2.75) is 6.54 Å². The van der Waals surface area contributed by atoms with Gasteiger partial charge in [0.1, 0.15) is 11.6 Å². The molecule has 19 heavy (non-hydrogen) atoms. The topological polar surface area (TPSA) is 40.5 Å². The van der Waals surface area contributed by atoms with Crippen LogP contribution in [0.2, 0.25) is 0 Å². The first-order valence-corrected chi connectivity index (χ1v) is 5.86. The number of amides is 1. The van der Waals surface area contributed by atoms with Crippen LogP contribution in [0.25, 0.3) is 0 Å². The van der Waals surface area contributed by atoms with Crippen LogP contribution < -0.4 is 0 Å². The summed E-state index contributed by atoms with van der Waals surface area (Å²) in [7, 11) is 1.64. The monoisotopic (exact) mass is 259 g/mol. The molecule has 0 aliphatic rings. The van der Waals surface area contributed by atoms with Gasteiger partial charge in [0, 0.05) is 19.7 Å². The molecular formula is C15H14FNO2. The molecule has 2 aromatic carbocycles. The average Bonchev–Trinajstić information content (AvgIpc) is 2.39. The molecule has 1 N–H and O–H groups in total. The maximum atomic E-state index is 12.9. The summed E-state index contributed by atoms with van der Waals surface area (Å²) in [6.07, 6.45) is 0. The van der Waals surface area contributed by atoms with Crippen LogP contribution in [-0.4, -0.2) is 23.0 Å². The van der Waals surface area contributed by atoms with Crippen LogP contribution in [0.1, 0.15) is 15.9 Å². The fourth-order valence-electron chi connectivity index (χ4n) is 1.82. The van der Waals surface area contributed by atoms with Crippen molar-refractivity contribution in [1.29, 1.82) is 0 Å². The van der Waals surface area contributed by atoms with Crippen molar-refractivity contribution in [1.82, 2.24) is 4.90 Å². The number of aromatic hydroxyl groups is 1. The molecule has 0 unspecified atom stereocenters. The molecule has 2 aromatic rings. The van der Waals surface area contributed by atoms with Crippen molar-refractivity contribution in [2.24, 2.45) is 0 Å². The zero-order valence-corrected chi connectivity index (χ0v) is 10.5. The molecule has 0 radical (unpaired) electrons. The summed E-state index contributed by atoms with van der Waals surface area (Å²) in [4.78, 5) is 13.6. The van der Waals surface area contributed by atoms with Gasteiger partial charge in [-0.1, -0.05) is 30.3 Å². The number of phenolic OH excluding ortho intramolecular Hbond substituents is 1. The van der Waals surface area contributed by atoms with Gasteiger partial charge in [-0.25, -0.2) is 4.39 Å². The summed E-state index contributed by atoms with van der Waals surface area (Å²) in [6.45, 7) is 0.427. The molecule has 0 spiro atoms. The van der Waals surface area contributed by atoms with Crippen LogP contribution in [0.4, 0.5) is 4.39 Å². The van der Waals surface area contributed by atoms with Gasteiger partial charge in [-0.15, -0.1) is 0 Å². The van der Waals surface area contributed by atoms with Crippen molar-refractivity contribution in [3.63, 3.8) is 0 Å². The maximum Gasteiger partial charge on any atom is 0.257 e. The second-order valence-corrected chi connectivity index (χ2v) is 4.31. The van der Waals surface area contributed by atoms with Gasteiger partial charge in [0.2, 0.25) is 0 Å². The van der Waals surface area contributed by atoms with E-state index in [1.54, 1.807) is 7.05 Å². The molecule has 0 aromatic heterocycles. The Hall–Kier alpha value is -2.36. The van der Waals surface area contributed by atoms with Crippen molar-refractivity contribution < 1.29 is 14.3 Å². The second-order valence-electron chi connectivity index (χ2n) is 4.31. The average molecular weight is 259 g/mol. The first-order valence-electron chi connectivity index (χ1n) is 5.86. The number of phenols is 1. The van der Waals surface area contributed by atoms with Crippen LogP contribution in [0.3, 0.4) is 0 Å². The van der Waals surface area contributed by atoms with Crippen LogP contribution in [0, 0.1) is 5.82 Å². The molecule has 0 saturated heterocycles. The van der Waals surface area contributed by atoms with Crippen LogP contribution >= 0.6 is 0 Å². The van der Waals surface area contributed by atoms with E-state index in [0.717, 1.165) is 17.7 Å². The van der Waals surface area contributed by atoms with Crippen molar-refractivity contribution in [3.05, 3.63) is 65.5 Å². The van der Waals surface area contributed by atoms with E-state index < -0.39 is 5.82 Å². The predicted molar refractivity (Wildman–Crippen MR) is 70.3 cm³/mol. The van der Waals surface area contributed by atoms with Gasteiger partial charge in [0.25, 0.3) is 5.91 Å². The van der Waals surface area contributed by atoms with Gasteiger partial charge < -0.3 is 10.0 Å². The fourth-order valence-corrected chi connectivity index (χ4v) is 1.82. The molecule has 0 aliphatic carbocycles. The van der Waals surface area contributed by atoms with Gasteiger partial charge in [-0.3, -0.25) is 4.79 Å². The molecule has 0 atom stereocenters. The second kappa shape index (κ2) is 5.52. The summed E-state index contributed by atoms with van der Waals surface area (Å²) in [5.41, 5.74) is 1.08. The summed E-state index contributed by atoms with van der Waals surface area (Å²) < 4.78 is 12.9. The van der Waals surface area contributed by atoms with E-state index in [0.29, 0.717) is 6.54 Å². The molecule has 0 bridgehead atoms. The Kier molecular flexibility index (Phi) is 3.80. The number of rotatable bonds is 3. The quantitative estimate of drug-likeness (QED) is 0.920. The van der Waals surface area contributed by atoms with Crippen LogP contribution in [0.5, 0.6) is 5.75 Å². The Bertz CT molecular complexity index is 584. The van der Waals surface area contributed by atoms with E-state index in [9.17, 15) is 14.3 Å². The van der Waals surface area contributed by atoms with Gasteiger partial charge in [0.15, 0.2) is 0 Å². The van der Waals surface area contributed by atoms with E-state index in [1.165, 1.54) is 11.0 Å². The summed E-state index contributed by atoms with van der Waals surface area (Å²) in [5.74, 6) is -1.26. The molecule has 1 amide bonds. The number of carbonyl (C=O) groups excluding carboxylic acids is 1. The minimum Gasteiger partial charge on any atom is -0.507 e. The number of halogens is 1. The van der Waals surface area contributed by atoms with Crippen molar-refractivity contribution in [2.75, 3.05) is 7.05 Å². The number of benzene rings is 2. The zero-order valence-electron chi connectivity index (χ0n) is 10.5. The zero-order chi connectivity index (χ0) is 13.8.